The van der Waals surface area contributed by atoms with Gasteiger partial charge in [0.05, 0.1) is 5.92 Å². The maximum atomic E-state index is 11.2. The summed E-state index contributed by atoms with van der Waals surface area (Å²) in [6, 6.07) is 0. The van der Waals surface area contributed by atoms with Crippen molar-refractivity contribution in [3.63, 3.8) is 0 Å². The molecule has 130 valence electrons. The molecule has 0 aliphatic rings. The summed E-state index contributed by atoms with van der Waals surface area (Å²) in [6.07, 6.45) is 13.6. The molecule has 0 radical (unpaired) electrons. The molecule has 0 saturated carbocycles. The molecule has 0 aromatic carbocycles. The van der Waals surface area contributed by atoms with Crippen LogP contribution in [0.2, 0.25) is 0 Å². The van der Waals surface area contributed by atoms with Crippen LogP contribution in [0.5, 0.6) is 0 Å². The van der Waals surface area contributed by atoms with E-state index in [0.29, 0.717) is 0 Å². The van der Waals surface area contributed by atoms with E-state index in [9.17, 15) is 14.7 Å². The van der Waals surface area contributed by atoms with Crippen LogP contribution in [0.3, 0.4) is 0 Å². The van der Waals surface area contributed by atoms with Crippen molar-refractivity contribution in [3.8, 4) is 0 Å². The summed E-state index contributed by atoms with van der Waals surface area (Å²) in [5, 5.41) is 17.8. The molecule has 0 heterocycles. The summed E-state index contributed by atoms with van der Waals surface area (Å²) in [7, 11) is 0. The third-order valence-corrected chi connectivity index (χ3v) is 4.20. The summed E-state index contributed by atoms with van der Waals surface area (Å²) >= 11 is 0. The van der Waals surface area contributed by atoms with Crippen LogP contribution in [0, 0.1) is 5.92 Å². The fraction of sp³-hybridized carbons (Fsp3) is 0.889. The Morgan fingerprint density at radius 2 is 1.18 bits per heavy atom. The van der Waals surface area contributed by atoms with Crippen LogP contribution in [-0.2, 0) is 9.59 Å². The molecule has 0 saturated heterocycles. The van der Waals surface area contributed by atoms with Crippen LogP contribution in [0.15, 0.2) is 0 Å². The highest BCUT2D eigenvalue weighted by molar-refractivity contribution is 5.69. The molecule has 0 aliphatic heterocycles. The number of rotatable bonds is 16. The zero-order valence-electron chi connectivity index (χ0n) is 14.2. The Bertz CT molecular complexity index is 289. The highest BCUT2D eigenvalue weighted by atomic mass is 16.4. The van der Waals surface area contributed by atoms with Gasteiger partial charge < -0.3 is 10.2 Å². The monoisotopic (exact) mass is 314 g/mol. The molecule has 0 amide bonds. The Morgan fingerprint density at radius 1 is 0.727 bits per heavy atom. The van der Waals surface area contributed by atoms with Crippen molar-refractivity contribution in [1.29, 1.82) is 0 Å². The van der Waals surface area contributed by atoms with Crippen molar-refractivity contribution in [2.24, 2.45) is 5.92 Å². The van der Waals surface area contributed by atoms with Crippen LogP contribution >= 0.6 is 0 Å². The van der Waals surface area contributed by atoms with Crippen molar-refractivity contribution in [1.82, 2.24) is 0 Å². The number of unbranched alkanes of at least 4 members (excludes halogenated alkanes) is 9. The minimum atomic E-state index is -0.732. The molecular formula is C18H34O4. The molecule has 0 fully saturated rings. The molecule has 4 heteroatoms. The number of aliphatic carboxylic acids is 2. The summed E-state index contributed by atoms with van der Waals surface area (Å²) in [5.74, 6) is -1.57. The number of carboxylic acid groups (broad SMARTS) is 2. The Hall–Kier alpha value is -1.06. The van der Waals surface area contributed by atoms with Crippen LogP contribution in [-0.4, -0.2) is 22.2 Å². The number of hydrogen-bond donors (Lipinski definition) is 2. The molecule has 0 aliphatic carbocycles. The lowest BCUT2D eigenvalue weighted by Crippen LogP contribution is -2.13. The Labute approximate surface area is 135 Å². The van der Waals surface area contributed by atoms with E-state index in [1.807, 2.05) is 0 Å². The fourth-order valence-electron chi connectivity index (χ4n) is 2.76. The highest BCUT2D eigenvalue weighted by Crippen LogP contribution is 2.19. The van der Waals surface area contributed by atoms with Crippen molar-refractivity contribution < 1.29 is 19.8 Å². The van der Waals surface area contributed by atoms with Gasteiger partial charge in [0.15, 0.2) is 0 Å². The van der Waals surface area contributed by atoms with Gasteiger partial charge in [-0.25, -0.2) is 0 Å². The smallest absolute Gasteiger partial charge is 0.306 e. The normalized spacial score (nSPS) is 12.2. The predicted octanol–water partition coefficient (Wildman–Crippen LogP) is 5.25. The zero-order chi connectivity index (χ0) is 16.6. The number of carboxylic acids is 2. The van der Waals surface area contributed by atoms with Crippen molar-refractivity contribution >= 4 is 11.9 Å². The van der Waals surface area contributed by atoms with Crippen molar-refractivity contribution in [2.45, 2.75) is 96.8 Å². The average Bonchev–Trinajstić information content (AvgIpc) is 2.46. The second-order valence-corrected chi connectivity index (χ2v) is 6.29. The van der Waals surface area contributed by atoms with Gasteiger partial charge in [0.25, 0.3) is 0 Å². The molecule has 2 N–H and O–H groups in total. The summed E-state index contributed by atoms with van der Waals surface area (Å²) in [6.45, 7) is 2.20. The van der Waals surface area contributed by atoms with Gasteiger partial charge in [-0.3, -0.25) is 9.59 Å². The first-order valence-corrected chi connectivity index (χ1v) is 9.02. The van der Waals surface area contributed by atoms with Crippen LogP contribution in [0.1, 0.15) is 96.8 Å². The van der Waals surface area contributed by atoms with Gasteiger partial charge in [0, 0.05) is 6.42 Å². The van der Waals surface area contributed by atoms with Gasteiger partial charge in [-0.05, 0) is 19.3 Å². The lowest BCUT2D eigenvalue weighted by Gasteiger charge is -2.12. The molecule has 0 bridgehead atoms. The van der Waals surface area contributed by atoms with Gasteiger partial charge >= 0.3 is 11.9 Å². The average molecular weight is 314 g/mol. The molecule has 1 unspecified atom stereocenters. The zero-order valence-corrected chi connectivity index (χ0v) is 14.2. The third-order valence-electron chi connectivity index (χ3n) is 4.20. The summed E-state index contributed by atoms with van der Waals surface area (Å²) in [5.41, 5.74) is 0. The first-order chi connectivity index (χ1) is 10.6. The summed E-state index contributed by atoms with van der Waals surface area (Å²) < 4.78 is 0. The van der Waals surface area contributed by atoms with Crippen molar-refractivity contribution in [2.75, 3.05) is 0 Å². The SMILES string of the molecule is CCCCCCCCC(CCCCCCCC(=O)O)C(=O)O. The third kappa shape index (κ3) is 13.9. The van der Waals surface area contributed by atoms with Crippen molar-refractivity contribution in [3.05, 3.63) is 0 Å². The molecule has 4 nitrogen and oxygen atoms in total. The largest absolute Gasteiger partial charge is 0.481 e. The van der Waals surface area contributed by atoms with E-state index in [1.165, 1.54) is 25.7 Å². The topological polar surface area (TPSA) is 74.6 Å². The van der Waals surface area contributed by atoms with E-state index in [0.717, 1.165) is 57.8 Å². The molecular weight excluding hydrogens is 280 g/mol. The van der Waals surface area contributed by atoms with Crippen LogP contribution < -0.4 is 0 Å². The summed E-state index contributed by atoms with van der Waals surface area (Å²) in [4.78, 5) is 21.6. The Balaban J connectivity index is 3.56. The molecule has 1 atom stereocenters. The Kier molecular flexibility index (Phi) is 14.1. The lowest BCUT2D eigenvalue weighted by atomic mass is 9.94. The first kappa shape index (κ1) is 20.9. The van der Waals surface area contributed by atoms with E-state index in [-0.39, 0.29) is 12.3 Å². The highest BCUT2D eigenvalue weighted by Gasteiger charge is 2.16. The predicted molar refractivity (Wildman–Crippen MR) is 89.1 cm³/mol. The van der Waals surface area contributed by atoms with Gasteiger partial charge in [0.2, 0.25) is 0 Å². The standard InChI is InChI=1S/C18H34O4/c1-2-3-4-5-7-10-13-16(18(21)22)14-11-8-6-9-12-15-17(19)20/h16H,2-15H2,1H3,(H,19,20)(H,21,22). The molecule has 0 spiro atoms. The Morgan fingerprint density at radius 3 is 1.64 bits per heavy atom. The van der Waals surface area contributed by atoms with Gasteiger partial charge in [-0.15, -0.1) is 0 Å². The molecule has 0 aromatic rings. The maximum absolute atomic E-state index is 11.2. The number of hydrogen-bond acceptors (Lipinski definition) is 2. The van der Waals surface area contributed by atoms with E-state index >= 15 is 0 Å². The molecule has 0 aromatic heterocycles. The molecule has 0 rings (SSSR count). The van der Waals surface area contributed by atoms with Gasteiger partial charge in [-0.2, -0.15) is 0 Å². The minimum Gasteiger partial charge on any atom is -0.481 e. The van der Waals surface area contributed by atoms with Gasteiger partial charge in [-0.1, -0.05) is 71.1 Å². The van der Waals surface area contributed by atoms with Crippen LogP contribution in [0.4, 0.5) is 0 Å². The second-order valence-electron chi connectivity index (χ2n) is 6.29. The second kappa shape index (κ2) is 14.9. The van der Waals surface area contributed by atoms with E-state index in [4.69, 9.17) is 5.11 Å². The fourth-order valence-corrected chi connectivity index (χ4v) is 2.76. The maximum Gasteiger partial charge on any atom is 0.306 e. The molecule has 22 heavy (non-hydrogen) atoms. The van der Waals surface area contributed by atoms with E-state index in [1.54, 1.807) is 0 Å². The lowest BCUT2D eigenvalue weighted by molar-refractivity contribution is -0.142. The minimum absolute atomic E-state index is 0.190. The first-order valence-electron chi connectivity index (χ1n) is 9.02. The number of carbonyl (C=O) groups is 2. The van der Waals surface area contributed by atoms with Gasteiger partial charge in [0.1, 0.15) is 0 Å². The quantitative estimate of drug-likeness (QED) is 0.381. The van der Waals surface area contributed by atoms with E-state index in [2.05, 4.69) is 6.92 Å². The van der Waals surface area contributed by atoms with Crippen LogP contribution in [0.25, 0.3) is 0 Å². The van der Waals surface area contributed by atoms with E-state index < -0.39 is 11.9 Å².